The summed E-state index contributed by atoms with van der Waals surface area (Å²) in [6.45, 7) is 1.20. The van der Waals surface area contributed by atoms with Gasteiger partial charge < -0.3 is 10.1 Å². The Morgan fingerprint density at radius 1 is 1.33 bits per heavy atom. The average molecular weight is 227 g/mol. The third kappa shape index (κ3) is 6.70. The normalized spacial score (nSPS) is 23.0. The quantitative estimate of drug-likeness (QED) is 0.725. The molecule has 0 radical (unpaired) electrons. The van der Waals surface area contributed by atoms with E-state index < -0.39 is 6.36 Å². The van der Waals surface area contributed by atoms with Gasteiger partial charge in [-0.25, -0.2) is 0 Å². The zero-order valence-corrected chi connectivity index (χ0v) is 8.48. The summed E-state index contributed by atoms with van der Waals surface area (Å²) in [5, 5.41) is 2.88. The molecule has 1 fully saturated rings. The van der Waals surface area contributed by atoms with Gasteiger partial charge in [0.1, 0.15) is 0 Å². The van der Waals surface area contributed by atoms with Crippen LogP contribution in [0.2, 0.25) is 0 Å². The van der Waals surface area contributed by atoms with E-state index in [0.29, 0.717) is 6.54 Å². The van der Waals surface area contributed by atoms with E-state index in [2.05, 4.69) is 10.1 Å². The average Bonchev–Trinajstić information content (AvgIpc) is 2.17. The van der Waals surface area contributed by atoms with Gasteiger partial charge >= 0.3 is 6.36 Å². The zero-order valence-electron chi connectivity index (χ0n) is 8.48. The minimum Gasteiger partial charge on any atom is -0.377 e. The van der Waals surface area contributed by atoms with E-state index in [4.69, 9.17) is 4.74 Å². The van der Waals surface area contributed by atoms with Crippen molar-refractivity contribution in [3.8, 4) is 0 Å². The van der Waals surface area contributed by atoms with Crippen LogP contribution in [0.15, 0.2) is 0 Å². The lowest BCUT2D eigenvalue weighted by Crippen LogP contribution is -2.34. The van der Waals surface area contributed by atoms with Gasteiger partial charge in [-0.15, -0.1) is 13.2 Å². The highest BCUT2D eigenvalue weighted by molar-refractivity contribution is 4.65. The highest BCUT2D eigenvalue weighted by Crippen LogP contribution is 2.15. The fraction of sp³-hybridized carbons (Fsp3) is 1.00. The molecule has 0 aromatic carbocycles. The van der Waals surface area contributed by atoms with Crippen LogP contribution in [0.3, 0.4) is 0 Å². The first-order valence-electron chi connectivity index (χ1n) is 5.11. The predicted molar refractivity (Wildman–Crippen MR) is 48.5 cm³/mol. The number of rotatable bonds is 5. The van der Waals surface area contributed by atoms with E-state index >= 15 is 0 Å². The van der Waals surface area contributed by atoms with Gasteiger partial charge in [0.05, 0.1) is 12.7 Å². The second-order valence-electron chi connectivity index (χ2n) is 3.49. The Bertz CT molecular complexity index is 169. The molecule has 1 aliphatic rings. The van der Waals surface area contributed by atoms with E-state index in [9.17, 15) is 13.2 Å². The van der Waals surface area contributed by atoms with Crippen LogP contribution in [0.1, 0.15) is 19.3 Å². The van der Waals surface area contributed by atoms with Crippen LogP contribution >= 0.6 is 0 Å². The largest absolute Gasteiger partial charge is 0.522 e. The summed E-state index contributed by atoms with van der Waals surface area (Å²) in [4.78, 5) is 0. The number of ether oxygens (including phenoxy) is 2. The van der Waals surface area contributed by atoms with Crippen molar-refractivity contribution in [1.29, 1.82) is 0 Å². The molecule has 3 nitrogen and oxygen atoms in total. The molecule has 1 unspecified atom stereocenters. The molecule has 0 aliphatic carbocycles. The maximum atomic E-state index is 11.6. The van der Waals surface area contributed by atoms with Crippen molar-refractivity contribution in [2.75, 3.05) is 26.3 Å². The summed E-state index contributed by atoms with van der Waals surface area (Å²) >= 11 is 0. The Morgan fingerprint density at radius 3 is 2.73 bits per heavy atom. The van der Waals surface area contributed by atoms with Crippen LogP contribution in [0.4, 0.5) is 13.2 Å². The maximum Gasteiger partial charge on any atom is 0.522 e. The number of nitrogens with one attached hydrogen (secondary N) is 1. The van der Waals surface area contributed by atoms with Crippen molar-refractivity contribution < 1.29 is 22.6 Å². The number of hydrogen-bond acceptors (Lipinski definition) is 3. The number of alkyl halides is 3. The van der Waals surface area contributed by atoms with Gasteiger partial charge in [0.15, 0.2) is 0 Å². The van der Waals surface area contributed by atoms with Crippen LogP contribution in [0.5, 0.6) is 0 Å². The van der Waals surface area contributed by atoms with Crippen LogP contribution in [0.25, 0.3) is 0 Å². The summed E-state index contributed by atoms with van der Waals surface area (Å²) < 4.78 is 43.7. The molecule has 1 rings (SSSR count). The lowest BCUT2D eigenvalue weighted by atomic mass is 10.1. The van der Waals surface area contributed by atoms with Gasteiger partial charge in [-0.3, -0.25) is 4.74 Å². The molecule has 1 aliphatic heterocycles. The molecule has 0 aromatic heterocycles. The highest BCUT2D eigenvalue weighted by atomic mass is 19.4. The van der Waals surface area contributed by atoms with E-state index in [0.717, 1.165) is 25.9 Å². The van der Waals surface area contributed by atoms with Crippen LogP contribution in [-0.2, 0) is 9.47 Å². The Balaban J connectivity index is 1.92. The van der Waals surface area contributed by atoms with Gasteiger partial charge in [0, 0.05) is 19.7 Å². The molecule has 1 N–H and O–H groups in total. The minimum atomic E-state index is -4.52. The first kappa shape index (κ1) is 12.7. The summed E-state index contributed by atoms with van der Waals surface area (Å²) in [5.41, 5.74) is 0. The van der Waals surface area contributed by atoms with E-state index in [1.165, 1.54) is 0 Å². The smallest absolute Gasteiger partial charge is 0.377 e. The highest BCUT2D eigenvalue weighted by Gasteiger charge is 2.28. The van der Waals surface area contributed by atoms with E-state index in [1.807, 2.05) is 0 Å². The Morgan fingerprint density at radius 2 is 2.13 bits per heavy atom. The Kier molecular flexibility index (Phi) is 5.35. The van der Waals surface area contributed by atoms with Crippen molar-refractivity contribution in [3.63, 3.8) is 0 Å². The van der Waals surface area contributed by atoms with Crippen molar-refractivity contribution in [1.82, 2.24) is 5.32 Å². The standard InChI is InChI=1S/C9H16F3NO2/c10-9(11,12)15-6-4-13-7-8-3-1-2-5-14-8/h8,13H,1-7H2. The van der Waals surface area contributed by atoms with Crippen molar-refractivity contribution in [3.05, 3.63) is 0 Å². The molecule has 15 heavy (non-hydrogen) atoms. The summed E-state index contributed by atoms with van der Waals surface area (Å²) in [6, 6.07) is 0. The van der Waals surface area contributed by atoms with E-state index in [1.54, 1.807) is 0 Å². The van der Waals surface area contributed by atoms with E-state index in [-0.39, 0.29) is 19.3 Å². The molecule has 1 heterocycles. The monoisotopic (exact) mass is 227 g/mol. The van der Waals surface area contributed by atoms with Crippen LogP contribution in [0, 0.1) is 0 Å². The SMILES string of the molecule is FC(F)(F)OCCNCC1CCCCO1. The third-order valence-electron chi connectivity index (χ3n) is 2.19. The van der Waals surface area contributed by atoms with Crippen LogP contribution < -0.4 is 5.32 Å². The fourth-order valence-corrected chi connectivity index (χ4v) is 1.47. The van der Waals surface area contributed by atoms with Crippen molar-refractivity contribution in [2.24, 2.45) is 0 Å². The van der Waals surface area contributed by atoms with Gasteiger partial charge in [-0.05, 0) is 19.3 Å². The third-order valence-corrected chi connectivity index (χ3v) is 2.19. The topological polar surface area (TPSA) is 30.5 Å². The molecule has 0 amide bonds. The summed E-state index contributed by atoms with van der Waals surface area (Å²) in [5.74, 6) is 0. The van der Waals surface area contributed by atoms with Gasteiger partial charge in [-0.2, -0.15) is 0 Å². The lowest BCUT2D eigenvalue weighted by Gasteiger charge is -2.22. The van der Waals surface area contributed by atoms with Crippen molar-refractivity contribution in [2.45, 2.75) is 31.7 Å². The molecule has 0 aromatic rings. The van der Waals surface area contributed by atoms with Gasteiger partial charge in [-0.1, -0.05) is 0 Å². The molecule has 1 atom stereocenters. The minimum absolute atomic E-state index is 0.143. The Labute approximate surface area is 86.9 Å². The molecule has 6 heteroatoms. The maximum absolute atomic E-state index is 11.6. The Hall–Kier alpha value is -0.330. The lowest BCUT2D eigenvalue weighted by molar-refractivity contribution is -0.323. The summed E-state index contributed by atoms with van der Waals surface area (Å²) in [7, 11) is 0. The summed E-state index contributed by atoms with van der Waals surface area (Å²) in [6.07, 6.45) is -1.19. The second kappa shape index (κ2) is 6.30. The van der Waals surface area contributed by atoms with Crippen LogP contribution in [-0.4, -0.2) is 38.8 Å². The van der Waals surface area contributed by atoms with Crippen molar-refractivity contribution >= 4 is 0 Å². The number of hydrogen-bond donors (Lipinski definition) is 1. The molecule has 90 valence electrons. The molecular weight excluding hydrogens is 211 g/mol. The fourth-order valence-electron chi connectivity index (χ4n) is 1.47. The molecule has 0 spiro atoms. The first-order chi connectivity index (χ1) is 7.08. The molecule has 1 saturated heterocycles. The number of halogens is 3. The zero-order chi connectivity index (χ0) is 11.1. The predicted octanol–water partition coefficient (Wildman–Crippen LogP) is 1.68. The molecular formula is C9H16F3NO2. The van der Waals surface area contributed by atoms with Gasteiger partial charge in [0.2, 0.25) is 0 Å². The first-order valence-corrected chi connectivity index (χ1v) is 5.11. The molecule has 0 saturated carbocycles. The molecule has 0 bridgehead atoms. The van der Waals surface area contributed by atoms with Gasteiger partial charge in [0.25, 0.3) is 0 Å². The second-order valence-corrected chi connectivity index (χ2v) is 3.49.